The van der Waals surface area contributed by atoms with E-state index in [1.54, 1.807) is 12.1 Å². The number of carbonyl (C=O) groups excluding carboxylic acids is 1. The van der Waals surface area contributed by atoms with E-state index in [0.717, 1.165) is 11.7 Å². The first-order valence-corrected chi connectivity index (χ1v) is 9.17. The number of benzene rings is 2. The Morgan fingerprint density at radius 2 is 2.07 bits per heavy atom. The number of aldehydes is 1. The van der Waals surface area contributed by atoms with Gasteiger partial charge in [-0.15, -0.1) is 0 Å². The number of hydrogen-bond acceptors (Lipinski definition) is 5. The first-order chi connectivity index (χ1) is 13.0. The van der Waals surface area contributed by atoms with Gasteiger partial charge in [0.15, 0.2) is 6.29 Å². The normalized spacial score (nSPS) is 14.8. The van der Waals surface area contributed by atoms with Gasteiger partial charge in [-0.25, -0.2) is 9.37 Å². The van der Waals surface area contributed by atoms with Crippen LogP contribution >= 0.6 is 11.6 Å². The van der Waals surface area contributed by atoms with Crippen molar-refractivity contribution in [2.24, 2.45) is 5.92 Å². The Balaban J connectivity index is 1.77. The highest BCUT2D eigenvalue weighted by atomic mass is 35.5. The van der Waals surface area contributed by atoms with Crippen molar-refractivity contribution in [3.8, 4) is 0 Å². The lowest BCUT2D eigenvalue weighted by Crippen LogP contribution is -2.19. The number of rotatable bonds is 6. The van der Waals surface area contributed by atoms with Crippen molar-refractivity contribution in [1.29, 1.82) is 0 Å². The van der Waals surface area contributed by atoms with E-state index in [9.17, 15) is 9.18 Å². The number of hydrogen-bond donors (Lipinski definition) is 2. The van der Waals surface area contributed by atoms with Gasteiger partial charge in [-0.1, -0.05) is 17.7 Å². The molecule has 1 atom stereocenters. The Labute approximate surface area is 161 Å². The maximum atomic E-state index is 13.4. The van der Waals surface area contributed by atoms with Crippen LogP contribution in [0.2, 0.25) is 5.02 Å². The summed E-state index contributed by atoms with van der Waals surface area (Å²) in [4.78, 5) is 20.5. The van der Waals surface area contributed by atoms with Gasteiger partial charge in [0.05, 0.1) is 10.5 Å². The fourth-order valence-electron chi connectivity index (χ4n) is 3.07. The second kappa shape index (κ2) is 7.12. The van der Waals surface area contributed by atoms with E-state index in [2.05, 4.69) is 27.5 Å². The van der Waals surface area contributed by atoms with Gasteiger partial charge in [-0.05, 0) is 56.0 Å². The number of para-hydroxylation sites is 1. The van der Waals surface area contributed by atoms with Crippen molar-refractivity contribution in [3.05, 3.63) is 52.8 Å². The van der Waals surface area contributed by atoms with Crippen LogP contribution in [-0.4, -0.2) is 22.3 Å². The van der Waals surface area contributed by atoms with Gasteiger partial charge in [0.1, 0.15) is 11.6 Å². The first-order valence-electron chi connectivity index (χ1n) is 8.79. The van der Waals surface area contributed by atoms with E-state index in [-0.39, 0.29) is 11.1 Å². The molecule has 0 radical (unpaired) electrons. The monoisotopic (exact) mass is 384 g/mol. The molecule has 2 N–H and O–H groups in total. The summed E-state index contributed by atoms with van der Waals surface area (Å²) in [6, 6.07) is 10.00. The Kier molecular flexibility index (Phi) is 4.66. The molecule has 1 saturated carbocycles. The lowest BCUT2D eigenvalue weighted by Gasteiger charge is -2.17. The second-order valence-electron chi connectivity index (χ2n) is 6.78. The van der Waals surface area contributed by atoms with E-state index in [1.807, 2.05) is 12.1 Å². The largest absolute Gasteiger partial charge is 0.367 e. The van der Waals surface area contributed by atoms with Gasteiger partial charge in [0, 0.05) is 22.7 Å². The lowest BCUT2D eigenvalue weighted by atomic mass is 10.1. The second-order valence-corrected chi connectivity index (χ2v) is 7.19. The van der Waals surface area contributed by atoms with Crippen LogP contribution in [0, 0.1) is 11.7 Å². The molecule has 0 spiro atoms. The molecular formula is C20H18ClFN4O. The predicted octanol–water partition coefficient (Wildman–Crippen LogP) is 5.19. The minimum atomic E-state index is -0.495. The Morgan fingerprint density at radius 1 is 1.26 bits per heavy atom. The van der Waals surface area contributed by atoms with E-state index in [4.69, 9.17) is 11.6 Å². The highest BCUT2D eigenvalue weighted by Gasteiger charge is 2.28. The lowest BCUT2D eigenvalue weighted by molar-refractivity contribution is 0.112. The maximum absolute atomic E-state index is 13.4. The number of anilines is 3. The summed E-state index contributed by atoms with van der Waals surface area (Å²) in [5.41, 5.74) is 1.60. The number of carbonyl (C=O) groups is 1. The number of nitrogens with one attached hydrogen (secondary N) is 2. The summed E-state index contributed by atoms with van der Waals surface area (Å²) in [5.74, 6) is 1.12. The van der Waals surface area contributed by atoms with Crippen LogP contribution in [0.15, 0.2) is 36.4 Å². The zero-order chi connectivity index (χ0) is 19.0. The van der Waals surface area contributed by atoms with Gasteiger partial charge in [-0.3, -0.25) is 4.79 Å². The third-order valence-corrected chi connectivity index (χ3v) is 5.04. The number of nitrogens with zero attached hydrogens (tertiary/aromatic N) is 2. The average molecular weight is 385 g/mol. The fourth-order valence-corrected chi connectivity index (χ4v) is 3.25. The Morgan fingerprint density at radius 3 is 2.78 bits per heavy atom. The molecule has 2 aromatic carbocycles. The standard InChI is InChI=1S/C20H18ClFN4O/c1-11(12-5-6-12)23-19-15-4-2-3-13(10-27)18(15)25-20(26-19)24-14-7-8-17(22)16(21)9-14/h2-4,7-12H,5-6H2,1H3,(H2,23,24,25,26). The fraction of sp³-hybridized carbons (Fsp3) is 0.250. The SMILES string of the molecule is CC(Nc1nc(Nc2ccc(F)c(Cl)c2)nc2c(C=O)cccc12)C1CC1. The van der Waals surface area contributed by atoms with Gasteiger partial charge < -0.3 is 10.6 Å². The summed E-state index contributed by atoms with van der Waals surface area (Å²) in [5, 5.41) is 7.29. The highest BCUT2D eigenvalue weighted by Crippen LogP contribution is 2.35. The zero-order valence-electron chi connectivity index (χ0n) is 14.7. The molecule has 0 aliphatic heterocycles. The van der Waals surface area contributed by atoms with Crippen LogP contribution in [0.25, 0.3) is 10.9 Å². The molecule has 1 aromatic heterocycles. The summed E-state index contributed by atoms with van der Waals surface area (Å²) < 4.78 is 13.4. The summed E-state index contributed by atoms with van der Waals surface area (Å²) in [7, 11) is 0. The zero-order valence-corrected chi connectivity index (χ0v) is 15.4. The molecule has 27 heavy (non-hydrogen) atoms. The van der Waals surface area contributed by atoms with Crippen molar-refractivity contribution in [1.82, 2.24) is 9.97 Å². The third kappa shape index (κ3) is 3.71. The van der Waals surface area contributed by atoms with Gasteiger partial charge in [0.25, 0.3) is 0 Å². The Hall–Kier alpha value is -2.73. The molecule has 3 aromatic rings. The quantitative estimate of drug-likeness (QED) is 0.572. The molecule has 1 aliphatic rings. The van der Waals surface area contributed by atoms with Gasteiger partial charge in [0.2, 0.25) is 5.95 Å². The summed E-state index contributed by atoms with van der Waals surface area (Å²) in [6.45, 7) is 2.13. The summed E-state index contributed by atoms with van der Waals surface area (Å²) >= 11 is 5.85. The number of aromatic nitrogens is 2. The molecule has 0 amide bonds. The van der Waals surface area contributed by atoms with Crippen molar-refractivity contribution in [2.75, 3.05) is 10.6 Å². The molecule has 1 aliphatic carbocycles. The molecule has 138 valence electrons. The molecule has 1 fully saturated rings. The van der Waals surface area contributed by atoms with Crippen LogP contribution in [0.3, 0.4) is 0 Å². The number of fused-ring (bicyclic) bond motifs is 1. The van der Waals surface area contributed by atoms with Gasteiger partial charge >= 0.3 is 0 Å². The van der Waals surface area contributed by atoms with E-state index < -0.39 is 5.82 Å². The molecule has 1 unspecified atom stereocenters. The molecule has 4 rings (SSSR count). The number of halogens is 2. The Bertz CT molecular complexity index is 1020. The summed E-state index contributed by atoms with van der Waals surface area (Å²) in [6.07, 6.45) is 3.19. The van der Waals surface area contributed by atoms with E-state index in [1.165, 1.54) is 25.0 Å². The third-order valence-electron chi connectivity index (χ3n) is 4.75. The molecule has 7 heteroatoms. The molecule has 1 heterocycles. The predicted molar refractivity (Wildman–Crippen MR) is 105 cm³/mol. The van der Waals surface area contributed by atoms with Crippen LogP contribution in [-0.2, 0) is 0 Å². The minimum Gasteiger partial charge on any atom is -0.367 e. The van der Waals surface area contributed by atoms with Crippen molar-refractivity contribution >= 4 is 46.2 Å². The smallest absolute Gasteiger partial charge is 0.229 e. The van der Waals surface area contributed by atoms with Crippen LogP contribution in [0.4, 0.5) is 21.8 Å². The minimum absolute atomic E-state index is 0.00933. The first kappa shape index (κ1) is 17.7. The topological polar surface area (TPSA) is 66.9 Å². The van der Waals surface area contributed by atoms with E-state index >= 15 is 0 Å². The van der Waals surface area contributed by atoms with Crippen LogP contribution in [0.5, 0.6) is 0 Å². The molecule has 5 nitrogen and oxygen atoms in total. The molecular weight excluding hydrogens is 367 g/mol. The molecule has 0 saturated heterocycles. The van der Waals surface area contributed by atoms with E-state index in [0.29, 0.717) is 34.5 Å². The average Bonchev–Trinajstić information content (AvgIpc) is 3.49. The van der Waals surface area contributed by atoms with Crippen LogP contribution < -0.4 is 10.6 Å². The van der Waals surface area contributed by atoms with Crippen LogP contribution in [0.1, 0.15) is 30.1 Å². The maximum Gasteiger partial charge on any atom is 0.229 e. The van der Waals surface area contributed by atoms with Crippen molar-refractivity contribution in [3.63, 3.8) is 0 Å². The van der Waals surface area contributed by atoms with Crippen molar-refractivity contribution in [2.45, 2.75) is 25.8 Å². The van der Waals surface area contributed by atoms with Crippen molar-refractivity contribution < 1.29 is 9.18 Å². The van der Waals surface area contributed by atoms with Gasteiger partial charge in [-0.2, -0.15) is 4.98 Å². The molecule has 0 bridgehead atoms. The highest BCUT2D eigenvalue weighted by molar-refractivity contribution is 6.31.